The van der Waals surface area contributed by atoms with E-state index in [1.54, 1.807) is 0 Å². The van der Waals surface area contributed by atoms with Crippen LogP contribution in [-0.2, 0) is 0 Å². The van der Waals surface area contributed by atoms with Crippen molar-refractivity contribution in [2.75, 3.05) is 9.80 Å². The summed E-state index contributed by atoms with van der Waals surface area (Å²) in [5.41, 5.74) is 13.1. The van der Waals surface area contributed by atoms with Crippen LogP contribution in [0, 0.1) is 0 Å². The average Bonchev–Trinajstić information content (AvgIpc) is 3.92. The Bertz CT molecular complexity index is 3560. The van der Waals surface area contributed by atoms with Crippen LogP contribution in [0.2, 0.25) is 0 Å². The van der Waals surface area contributed by atoms with Crippen LogP contribution in [0.1, 0.15) is 18.1 Å². The maximum Gasteiger partial charge on any atom is 0.161 e. The van der Waals surface area contributed by atoms with Gasteiger partial charge in [-0.25, -0.2) is 15.0 Å². The molecule has 0 atom stereocenters. The molecular formula is C58H43N7. The molecule has 0 amide bonds. The summed E-state index contributed by atoms with van der Waals surface area (Å²) in [4.78, 5) is 23.4. The molecule has 1 aliphatic heterocycles. The number of nitrogens with zero attached hydrogens (tertiary/aromatic N) is 6. The van der Waals surface area contributed by atoms with Crippen molar-refractivity contribution in [2.24, 2.45) is 15.0 Å². The van der Waals surface area contributed by atoms with E-state index in [0.717, 1.165) is 83.8 Å². The van der Waals surface area contributed by atoms with Crippen LogP contribution in [0.25, 0.3) is 49.3 Å². The Morgan fingerprint density at radius 1 is 0.523 bits per heavy atom. The number of aromatic nitrogens is 2. The van der Waals surface area contributed by atoms with Gasteiger partial charge in [0.1, 0.15) is 0 Å². The van der Waals surface area contributed by atoms with Gasteiger partial charge >= 0.3 is 0 Å². The predicted molar refractivity (Wildman–Crippen MR) is 275 cm³/mol. The first-order valence-corrected chi connectivity index (χ1v) is 21.8. The summed E-state index contributed by atoms with van der Waals surface area (Å²) in [6.45, 7) is 5.92. The van der Waals surface area contributed by atoms with Gasteiger partial charge in [-0.05, 0) is 80.4 Å². The molecule has 10 aromatic rings. The monoisotopic (exact) mass is 837 g/mol. The van der Waals surface area contributed by atoms with Crippen molar-refractivity contribution < 1.29 is 0 Å². The fraction of sp³-hybridized carbons (Fsp3) is 0.0172. The summed E-state index contributed by atoms with van der Waals surface area (Å²) in [6, 6.07) is 67.6. The third-order valence-electron chi connectivity index (χ3n) is 12.0. The molecule has 310 valence electrons. The molecule has 2 aromatic heterocycles. The van der Waals surface area contributed by atoms with Crippen LogP contribution in [0.3, 0.4) is 0 Å². The van der Waals surface area contributed by atoms with E-state index in [4.69, 9.17) is 9.98 Å². The number of anilines is 6. The van der Waals surface area contributed by atoms with Crippen molar-refractivity contribution in [1.29, 1.82) is 0 Å². The number of aliphatic imine (C=N–C) groups is 3. The molecule has 0 saturated heterocycles. The number of fused-ring (bicyclic) bond motifs is 10. The summed E-state index contributed by atoms with van der Waals surface area (Å²) in [5.74, 6) is 0.995. The highest BCUT2D eigenvalue weighted by Crippen LogP contribution is 2.59. The van der Waals surface area contributed by atoms with Crippen molar-refractivity contribution in [3.63, 3.8) is 0 Å². The number of allylic oxidation sites excluding steroid dienone is 5. The number of nitrogens with one attached hydrogen (secondary N) is 1. The van der Waals surface area contributed by atoms with Crippen LogP contribution in [0.4, 0.5) is 34.1 Å². The Labute approximate surface area is 377 Å². The molecule has 1 N–H and O–H groups in total. The lowest BCUT2D eigenvalue weighted by Crippen LogP contribution is -2.25. The second-order valence-electron chi connectivity index (χ2n) is 15.8. The molecular weight excluding hydrogens is 795 g/mol. The predicted octanol–water partition coefficient (Wildman–Crippen LogP) is 15.2. The van der Waals surface area contributed by atoms with Gasteiger partial charge in [-0.1, -0.05) is 152 Å². The number of hydrogen-bond donors (Lipinski definition) is 1. The quantitative estimate of drug-likeness (QED) is 0.0941. The number of H-pyrrole nitrogens is 1. The topological polar surface area (TPSA) is 64.3 Å². The molecule has 65 heavy (non-hydrogen) atoms. The minimum atomic E-state index is 0.487. The lowest BCUT2D eigenvalue weighted by Gasteiger charge is -2.41. The SMILES string of the molecule is C=NC(=NC(=N\C=C(/C=C\C=C\C)n1c2ccccc2c2ccc3c(c21)N(c1ccccc1)c1ccc2c([nH]c4ccccc42)c1N3c1ccccc1)c1ccccc1)c1ccccc1. The van der Waals surface area contributed by atoms with Gasteiger partial charge in [-0.15, -0.1) is 0 Å². The third-order valence-corrected chi connectivity index (χ3v) is 12.0. The number of para-hydroxylation sites is 4. The molecule has 0 saturated carbocycles. The highest BCUT2D eigenvalue weighted by Gasteiger charge is 2.36. The summed E-state index contributed by atoms with van der Waals surface area (Å²) >= 11 is 0. The Balaban J connectivity index is 1.25. The first kappa shape index (κ1) is 39.1. The summed E-state index contributed by atoms with van der Waals surface area (Å²) in [6.07, 6.45) is 10.2. The van der Waals surface area contributed by atoms with E-state index >= 15 is 0 Å². The van der Waals surface area contributed by atoms with Gasteiger partial charge in [-0.3, -0.25) is 0 Å². The van der Waals surface area contributed by atoms with Crippen LogP contribution in [-0.4, -0.2) is 27.9 Å². The van der Waals surface area contributed by atoms with Crippen LogP contribution < -0.4 is 9.80 Å². The Morgan fingerprint density at radius 2 is 1.08 bits per heavy atom. The van der Waals surface area contributed by atoms with E-state index in [2.05, 4.69) is 177 Å². The van der Waals surface area contributed by atoms with Crippen LogP contribution in [0.15, 0.2) is 240 Å². The largest absolute Gasteiger partial charge is 0.353 e. The molecule has 0 bridgehead atoms. The van der Waals surface area contributed by atoms with Crippen molar-refractivity contribution in [3.8, 4) is 0 Å². The first-order valence-electron chi connectivity index (χ1n) is 21.8. The fourth-order valence-corrected chi connectivity index (χ4v) is 9.13. The van der Waals surface area contributed by atoms with Crippen molar-refractivity contribution in [1.82, 2.24) is 9.55 Å². The molecule has 7 heteroatoms. The molecule has 0 spiro atoms. The maximum atomic E-state index is 5.25. The smallest absolute Gasteiger partial charge is 0.161 e. The van der Waals surface area contributed by atoms with Gasteiger partial charge in [0.15, 0.2) is 11.7 Å². The number of rotatable bonds is 8. The lowest BCUT2D eigenvalue weighted by atomic mass is 10.00. The lowest BCUT2D eigenvalue weighted by molar-refractivity contribution is 1.16. The molecule has 0 radical (unpaired) electrons. The zero-order chi connectivity index (χ0) is 43.7. The highest BCUT2D eigenvalue weighted by atomic mass is 15.3. The second kappa shape index (κ2) is 16.8. The van der Waals surface area contributed by atoms with E-state index in [0.29, 0.717) is 11.7 Å². The number of hydrogen-bond acceptors (Lipinski definition) is 3. The zero-order valence-electron chi connectivity index (χ0n) is 35.8. The second-order valence-corrected chi connectivity index (χ2v) is 15.8. The van der Waals surface area contributed by atoms with Crippen molar-refractivity contribution in [3.05, 3.63) is 236 Å². The molecule has 0 aliphatic carbocycles. The Morgan fingerprint density at radius 3 is 1.74 bits per heavy atom. The number of benzene rings is 8. The molecule has 1 aliphatic rings. The zero-order valence-corrected chi connectivity index (χ0v) is 35.8. The fourth-order valence-electron chi connectivity index (χ4n) is 9.13. The van der Waals surface area contributed by atoms with E-state index in [1.807, 2.05) is 85.9 Å². The molecule has 7 nitrogen and oxygen atoms in total. The van der Waals surface area contributed by atoms with Gasteiger partial charge < -0.3 is 19.4 Å². The number of amidine groups is 2. The van der Waals surface area contributed by atoms with Gasteiger partial charge in [0.2, 0.25) is 0 Å². The summed E-state index contributed by atoms with van der Waals surface area (Å²) < 4.78 is 2.36. The summed E-state index contributed by atoms with van der Waals surface area (Å²) in [5, 5.41) is 4.59. The van der Waals surface area contributed by atoms with E-state index < -0.39 is 0 Å². The van der Waals surface area contributed by atoms with Crippen molar-refractivity contribution >= 4 is 102 Å². The Hall–Kier alpha value is -8.81. The average molecular weight is 838 g/mol. The highest BCUT2D eigenvalue weighted by molar-refractivity contribution is 6.24. The van der Waals surface area contributed by atoms with Gasteiger partial charge in [0.05, 0.1) is 51.2 Å². The maximum absolute atomic E-state index is 5.25. The minimum Gasteiger partial charge on any atom is -0.353 e. The third kappa shape index (κ3) is 6.83. The molecule has 11 rings (SSSR count). The van der Waals surface area contributed by atoms with Gasteiger partial charge in [0, 0.05) is 49.6 Å². The standard InChI is InChI=1S/C58H43N7/c1-3-4-9-30-44(39-60-58(41-24-12-6-13-25-41)62-57(59-2)40-22-10-5-11-23-40)65-50-34-21-19-32-46(50)48-36-38-52-56(54(48)65)64(43-28-16-8-17-29-43)51-37-35-47-45-31-18-20-33-49(45)61-53(47)55(51)63(52)42-26-14-7-15-27-42/h3-39,61H,2H2,1H3/b4-3+,30-9-,44-39+,60-58?,62-57?. The molecule has 3 heterocycles. The van der Waals surface area contributed by atoms with E-state index in [1.165, 1.54) is 10.8 Å². The van der Waals surface area contributed by atoms with Crippen LogP contribution >= 0.6 is 0 Å². The normalized spacial score (nSPS) is 13.5. The van der Waals surface area contributed by atoms with E-state index in [9.17, 15) is 0 Å². The minimum absolute atomic E-state index is 0.487. The Kier molecular flexibility index (Phi) is 10.1. The van der Waals surface area contributed by atoms with Gasteiger partial charge in [-0.2, -0.15) is 0 Å². The van der Waals surface area contributed by atoms with Crippen LogP contribution in [0.5, 0.6) is 0 Å². The first-order chi connectivity index (χ1) is 32.2. The number of aromatic amines is 1. The molecule has 8 aromatic carbocycles. The molecule has 0 fully saturated rings. The van der Waals surface area contributed by atoms with Gasteiger partial charge in [0.25, 0.3) is 0 Å². The van der Waals surface area contributed by atoms with E-state index in [-0.39, 0.29) is 0 Å². The van der Waals surface area contributed by atoms with Crippen molar-refractivity contribution in [2.45, 2.75) is 6.92 Å². The summed E-state index contributed by atoms with van der Waals surface area (Å²) in [7, 11) is 0. The molecule has 0 unspecified atom stereocenters.